The number of aryl methyl sites for hydroxylation is 1. The molecule has 1 aromatic heterocycles. The van der Waals surface area contributed by atoms with Gasteiger partial charge in [0.05, 0.1) is 22.6 Å². The molecule has 0 aliphatic heterocycles. The molecule has 1 N–H and O–H groups in total. The van der Waals surface area contributed by atoms with E-state index in [2.05, 4.69) is 41.7 Å². The van der Waals surface area contributed by atoms with Gasteiger partial charge in [-0.15, -0.1) is 11.3 Å². The summed E-state index contributed by atoms with van der Waals surface area (Å²) in [6.07, 6.45) is 0.856. The summed E-state index contributed by atoms with van der Waals surface area (Å²) in [4.78, 5) is 26.0. The number of esters is 1. The fraction of sp³-hybridized carbons (Fsp3) is 0.250. The predicted molar refractivity (Wildman–Crippen MR) is 152 cm³/mol. The maximum Gasteiger partial charge on any atom is 0.412 e. The summed E-state index contributed by atoms with van der Waals surface area (Å²) in [5.41, 5.74) is 6.55. The van der Waals surface area contributed by atoms with Crippen LogP contribution in [0.15, 0.2) is 84.2 Å². The molecule has 1 atom stereocenters. The lowest BCUT2D eigenvalue weighted by Gasteiger charge is -2.16. The molecule has 0 spiro atoms. The standard InChI is InChI=1S/C32H31NO4S/c1-4-36-30(34)32(18-19-32)26-15-13-24(14-16-26)23-9-11-25(12-10-23)29-28(17-20-38-29)33-31(35)37-22(3)27-8-6-5-7-21(27)2/h5-17,20,22H,4,18-19H2,1-3H3,(H,33,35). The van der Waals surface area contributed by atoms with E-state index in [0.29, 0.717) is 6.61 Å². The van der Waals surface area contributed by atoms with Gasteiger partial charge < -0.3 is 9.47 Å². The number of carbonyl (C=O) groups excluding carboxylic acids is 2. The molecule has 194 valence electrons. The van der Waals surface area contributed by atoms with Gasteiger partial charge in [-0.25, -0.2) is 4.79 Å². The maximum atomic E-state index is 12.7. The van der Waals surface area contributed by atoms with Gasteiger partial charge in [0.25, 0.3) is 0 Å². The molecular formula is C32H31NO4S. The average Bonchev–Trinajstić information content (AvgIpc) is 3.62. The molecule has 1 amide bonds. The fourth-order valence-corrected chi connectivity index (χ4v) is 5.70. The average molecular weight is 526 g/mol. The van der Waals surface area contributed by atoms with Crippen LogP contribution in [0.25, 0.3) is 21.6 Å². The van der Waals surface area contributed by atoms with Crippen molar-refractivity contribution in [1.29, 1.82) is 0 Å². The zero-order valence-electron chi connectivity index (χ0n) is 21.8. The van der Waals surface area contributed by atoms with Crippen LogP contribution in [0.5, 0.6) is 0 Å². The third-order valence-electron chi connectivity index (χ3n) is 7.15. The highest BCUT2D eigenvalue weighted by Gasteiger charge is 2.52. The molecule has 5 nitrogen and oxygen atoms in total. The minimum absolute atomic E-state index is 0.119. The van der Waals surface area contributed by atoms with Crippen LogP contribution < -0.4 is 5.32 Å². The Morgan fingerprint density at radius 3 is 2.18 bits per heavy atom. The number of thiophene rings is 1. The van der Waals surface area contributed by atoms with Gasteiger partial charge in [-0.05, 0) is 78.4 Å². The van der Waals surface area contributed by atoms with Gasteiger partial charge in [-0.1, -0.05) is 72.8 Å². The van der Waals surface area contributed by atoms with Gasteiger partial charge >= 0.3 is 12.1 Å². The SMILES string of the molecule is CCOC(=O)C1(c2ccc(-c3ccc(-c4sccc4NC(=O)OC(C)c4ccccc4C)cc3)cc2)CC1. The highest BCUT2D eigenvalue weighted by Crippen LogP contribution is 2.49. The molecule has 1 aliphatic carbocycles. The third kappa shape index (κ3) is 5.22. The van der Waals surface area contributed by atoms with Crippen LogP contribution in [-0.4, -0.2) is 18.7 Å². The summed E-state index contributed by atoms with van der Waals surface area (Å²) in [6, 6.07) is 26.3. The van der Waals surface area contributed by atoms with Gasteiger partial charge in [0.2, 0.25) is 0 Å². The Labute approximate surface area is 227 Å². The van der Waals surface area contributed by atoms with Crippen molar-refractivity contribution in [3.8, 4) is 21.6 Å². The Balaban J connectivity index is 1.26. The number of rotatable bonds is 8. The Morgan fingerprint density at radius 1 is 0.921 bits per heavy atom. The lowest BCUT2D eigenvalue weighted by molar-refractivity contribution is -0.146. The molecule has 38 heavy (non-hydrogen) atoms. The van der Waals surface area contributed by atoms with Gasteiger partial charge in [-0.3, -0.25) is 10.1 Å². The quantitative estimate of drug-likeness (QED) is 0.235. The van der Waals surface area contributed by atoms with Gasteiger partial charge in [0.15, 0.2) is 0 Å². The zero-order chi connectivity index (χ0) is 26.7. The van der Waals surface area contributed by atoms with Crippen LogP contribution in [0, 0.1) is 6.92 Å². The first-order valence-electron chi connectivity index (χ1n) is 12.9. The number of hydrogen-bond donors (Lipinski definition) is 1. The maximum absolute atomic E-state index is 12.7. The van der Waals surface area contributed by atoms with Crippen molar-refractivity contribution in [1.82, 2.24) is 0 Å². The minimum Gasteiger partial charge on any atom is -0.465 e. The van der Waals surface area contributed by atoms with Gasteiger partial charge in [0, 0.05) is 0 Å². The smallest absolute Gasteiger partial charge is 0.412 e. The first-order valence-corrected chi connectivity index (χ1v) is 13.8. The molecule has 0 radical (unpaired) electrons. The molecule has 1 saturated carbocycles. The number of nitrogens with one attached hydrogen (secondary N) is 1. The van der Waals surface area contributed by atoms with Crippen molar-refractivity contribution in [2.45, 2.75) is 45.1 Å². The molecule has 0 bridgehead atoms. The molecule has 3 aromatic carbocycles. The molecule has 1 fully saturated rings. The van der Waals surface area contributed by atoms with Crippen LogP contribution in [0.2, 0.25) is 0 Å². The summed E-state index contributed by atoms with van der Waals surface area (Å²) >= 11 is 1.57. The molecule has 1 heterocycles. The monoisotopic (exact) mass is 525 g/mol. The van der Waals surface area contributed by atoms with Crippen LogP contribution in [0.4, 0.5) is 10.5 Å². The van der Waals surface area contributed by atoms with E-state index in [1.165, 1.54) is 0 Å². The number of benzene rings is 3. The Kier molecular flexibility index (Phi) is 7.34. The van der Waals surface area contributed by atoms with Gasteiger partial charge in [-0.2, -0.15) is 0 Å². The zero-order valence-corrected chi connectivity index (χ0v) is 22.6. The minimum atomic E-state index is -0.478. The van der Waals surface area contributed by atoms with E-state index >= 15 is 0 Å². The molecule has 5 rings (SSSR count). The van der Waals surface area contributed by atoms with E-state index in [9.17, 15) is 9.59 Å². The first-order chi connectivity index (χ1) is 18.4. The second-order valence-corrected chi connectivity index (χ2v) is 10.6. The van der Waals surface area contributed by atoms with E-state index in [0.717, 1.165) is 56.8 Å². The lowest BCUT2D eigenvalue weighted by Crippen LogP contribution is -2.23. The fourth-order valence-electron chi connectivity index (χ4n) is 4.84. The number of amides is 1. The van der Waals surface area contributed by atoms with Crippen molar-refractivity contribution >= 4 is 29.1 Å². The predicted octanol–water partition coefficient (Wildman–Crippen LogP) is 8.29. The molecule has 4 aromatic rings. The number of hydrogen-bond acceptors (Lipinski definition) is 5. The van der Waals surface area contributed by atoms with Crippen molar-refractivity contribution in [2.24, 2.45) is 0 Å². The normalized spacial score (nSPS) is 14.4. The molecule has 1 unspecified atom stereocenters. The van der Waals surface area contributed by atoms with Crippen LogP contribution in [0.3, 0.4) is 0 Å². The molecular weight excluding hydrogens is 494 g/mol. The van der Waals surface area contributed by atoms with Crippen molar-refractivity contribution in [3.05, 3.63) is 101 Å². The Bertz CT molecular complexity index is 1440. The Morgan fingerprint density at radius 2 is 1.55 bits per heavy atom. The number of anilines is 1. The van der Waals surface area contributed by atoms with Crippen molar-refractivity contribution in [2.75, 3.05) is 11.9 Å². The van der Waals surface area contributed by atoms with E-state index < -0.39 is 11.5 Å². The van der Waals surface area contributed by atoms with E-state index in [1.54, 1.807) is 11.3 Å². The van der Waals surface area contributed by atoms with Crippen LogP contribution in [-0.2, 0) is 19.7 Å². The largest absolute Gasteiger partial charge is 0.465 e. The topological polar surface area (TPSA) is 64.6 Å². The second kappa shape index (κ2) is 10.8. The summed E-state index contributed by atoms with van der Waals surface area (Å²) in [5.74, 6) is -0.119. The summed E-state index contributed by atoms with van der Waals surface area (Å²) in [5, 5.41) is 4.87. The Hall–Kier alpha value is -3.90. The molecule has 1 aliphatic rings. The van der Waals surface area contributed by atoms with E-state index in [-0.39, 0.29) is 12.1 Å². The highest BCUT2D eigenvalue weighted by molar-refractivity contribution is 7.14. The van der Waals surface area contributed by atoms with Crippen molar-refractivity contribution in [3.63, 3.8) is 0 Å². The summed E-state index contributed by atoms with van der Waals surface area (Å²) < 4.78 is 10.9. The lowest BCUT2D eigenvalue weighted by atomic mass is 9.93. The van der Waals surface area contributed by atoms with E-state index in [4.69, 9.17) is 9.47 Å². The number of carbonyl (C=O) groups is 2. The second-order valence-electron chi connectivity index (χ2n) is 9.65. The molecule has 0 saturated heterocycles. The third-order valence-corrected chi connectivity index (χ3v) is 8.11. The van der Waals surface area contributed by atoms with Crippen LogP contribution in [0.1, 0.15) is 49.5 Å². The number of ether oxygens (including phenoxy) is 2. The highest BCUT2D eigenvalue weighted by atomic mass is 32.1. The van der Waals surface area contributed by atoms with E-state index in [1.807, 2.05) is 68.6 Å². The summed E-state index contributed by atoms with van der Waals surface area (Å²) in [7, 11) is 0. The first kappa shape index (κ1) is 25.7. The summed E-state index contributed by atoms with van der Waals surface area (Å²) in [6.45, 7) is 6.13. The van der Waals surface area contributed by atoms with Crippen molar-refractivity contribution < 1.29 is 19.1 Å². The van der Waals surface area contributed by atoms with Crippen LogP contribution >= 0.6 is 11.3 Å². The van der Waals surface area contributed by atoms with Gasteiger partial charge in [0.1, 0.15) is 6.10 Å². The molecule has 6 heteroatoms.